The summed E-state index contributed by atoms with van der Waals surface area (Å²) in [6.45, 7) is 8.74. The van der Waals surface area contributed by atoms with Crippen molar-refractivity contribution in [2.45, 2.75) is 154 Å². The molecule has 0 amide bonds. The molecule has 0 saturated heterocycles. The van der Waals surface area contributed by atoms with Gasteiger partial charge in [0.05, 0.1) is 10.6 Å². The summed E-state index contributed by atoms with van der Waals surface area (Å²) in [6, 6.07) is 7.67. The first-order valence-electron chi connectivity index (χ1n) is 15.1. The zero-order valence-corrected chi connectivity index (χ0v) is 24.2. The number of unbranched alkanes of at least 4 members (excludes halogenated alkanes) is 16. The fourth-order valence-electron chi connectivity index (χ4n) is 4.83. The van der Waals surface area contributed by atoms with Crippen LogP contribution in [0.15, 0.2) is 29.2 Å². The summed E-state index contributed by atoms with van der Waals surface area (Å²) in [5.74, 6) is 0.455. The predicted molar refractivity (Wildman–Crippen MR) is 155 cm³/mol. The van der Waals surface area contributed by atoms with E-state index < -0.39 is 9.84 Å². The maximum atomic E-state index is 12.8. The molecule has 3 heteroatoms. The third kappa shape index (κ3) is 17.3. The van der Waals surface area contributed by atoms with Crippen LogP contribution in [0.5, 0.6) is 0 Å². The molecule has 1 unspecified atom stereocenters. The third-order valence-electron chi connectivity index (χ3n) is 7.36. The van der Waals surface area contributed by atoms with Crippen LogP contribution in [0.3, 0.4) is 0 Å². The minimum atomic E-state index is -3.20. The van der Waals surface area contributed by atoms with Gasteiger partial charge >= 0.3 is 0 Å². The molecule has 2 nitrogen and oxygen atoms in total. The van der Waals surface area contributed by atoms with Crippen LogP contribution < -0.4 is 0 Å². The van der Waals surface area contributed by atoms with Crippen LogP contribution in [0.1, 0.15) is 148 Å². The molecule has 1 atom stereocenters. The Morgan fingerprint density at radius 2 is 1.03 bits per heavy atom. The van der Waals surface area contributed by atoms with Gasteiger partial charge in [-0.3, -0.25) is 0 Å². The minimum absolute atomic E-state index is 0.218. The molecule has 0 N–H and O–H groups in total. The maximum Gasteiger partial charge on any atom is 0.178 e. The van der Waals surface area contributed by atoms with E-state index >= 15 is 0 Å². The molecule has 1 rings (SSSR count). The van der Waals surface area contributed by atoms with E-state index in [1.165, 1.54) is 121 Å². The Kier molecular flexibility index (Phi) is 19.6. The van der Waals surface area contributed by atoms with E-state index in [2.05, 4.69) is 20.8 Å². The van der Waals surface area contributed by atoms with E-state index in [0.29, 0.717) is 11.3 Å². The first-order valence-corrected chi connectivity index (χ1v) is 16.8. The molecular formula is C32H57O2S. The van der Waals surface area contributed by atoms with Crippen LogP contribution >= 0.6 is 0 Å². The van der Waals surface area contributed by atoms with E-state index in [1.54, 1.807) is 0 Å². The smallest absolute Gasteiger partial charge is 0.178 e. The third-order valence-corrected chi connectivity index (χ3v) is 9.13. The summed E-state index contributed by atoms with van der Waals surface area (Å²) in [6.07, 6.45) is 26.7. The number of sulfone groups is 1. The summed E-state index contributed by atoms with van der Waals surface area (Å²) >= 11 is 0. The number of rotatable bonds is 24. The Labute approximate surface area is 220 Å². The highest BCUT2D eigenvalue weighted by atomic mass is 32.2. The molecule has 1 aromatic rings. The van der Waals surface area contributed by atoms with Gasteiger partial charge in [0.25, 0.3) is 0 Å². The first-order chi connectivity index (χ1) is 17.0. The molecule has 0 aliphatic rings. The van der Waals surface area contributed by atoms with E-state index in [0.717, 1.165) is 12.8 Å². The van der Waals surface area contributed by atoms with Crippen molar-refractivity contribution in [1.82, 2.24) is 0 Å². The van der Waals surface area contributed by atoms with Gasteiger partial charge in [-0.25, -0.2) is 8.42 Å². The molecule has 0 bridgehead atoms. The second-order valence-electron chi connectivity index (χ2n) is 10.8. The van der Waals surface area contributed by atoms with Gasteiger partial charge < -0.3 is 0 Å². The molecule has 0 aromatic heterocycles. The zero-order valence-electron chi connectivity index (χ0n) is 23.4. The van der Waals surface area contributed by atoms with Gasteiger partial charge in [0.15, 0.2) is 9.84 Å². The maximum absolute atomic E-state index is 12.8. The van der Waals surface area contributed by atoms with Crippen molar-refractivity contribution in [2.24, 2.45) is 5.92 Å². The number of aryl methyl sites for hydroxylation is 1. The van der Waals surface area contributed by atoms with Crippen LogP contribution in [-0.4, -0.2) is 14.2 Å². The van der Waals surface area contributed by atoms with E-state index in [9.17, 15) is 8.42 Å². The molecule has 203 valence electrons. The van der Waals surface area contributed by atoms with Crippen molar-refractivity contribution in [3.05, 3.63) is 36.8 Å². The first kappa shape index (κ1) is 32.2. The summed E-state index contributed by atoms with van der Waals surface area (Å²) in [7, 11) is -3.20. The van der Waals surface area contributed by atoms with Gasteiger partial charge in [0.2, 0.25) is 0 Å². The minimum Gasteiger partial charge on any atom is -0.224 e. The number of hydrogen-bond acceptors (Lipinski definition) is 2. The summed E-state index contributed by atoms with van der Waals surface area (Å²) in [4.78, 5) is 0.476. The van der Waals surface area contributed by atoms with Gasteiger partial charge in [-0.1, -0.05) is 148 Å². The van der Waals surface area contributed by atoms with Crippen molar-refractivity contribution in [1.29, 1.82) is 0 Å². The van der Waals surface area contributed by atoms with Crippen molar-refractivity contribution >= 4 is 9.84 Å². The Balaban J connectivity index is 2.15. The van der Waals surface area contributed by atoms with Crippen LogP contribution in [0, 0.1) is 12.8 Å². The highest BCUT2D eigenvalue weighted by Gasteiger charge is 2.16. The zero-order chi connectivity index (χ0) is 25.6. The molecule has 0 fully saturated rings. The molecule has 1 aromatic carbocycles. The molecule has 0 saturated carbocycles. The van der Waals surface area contributed by atoms with E-state index in [-0.39, 0.29) is 11.7 Å². The van der Waals surface area contributed by atoms with Crippen LogP contribution in [0.4, 0.5) is 0 Å². The summed E-state index contributed by atoms with van der Waals surface area (Å²) in [5.41, 5.74) is 1.26. The van der Waals surface area contributed by atoms with Gasteiger partial charge in [-0.05, 0) is 42.9 Å². The highest BCUT2D eigenvalue weighted by molar-refractivity contribution is 7.91. The Bertz CT molecular complexity index is 693. The lowest BCUT2D eigenvalue weighted by Gasteiger charge is -2.12. The van der Waals surface area contributed by atoms with E-state index in [4.69, 9.17) is 0 Å². The second-order valence-corrected chi connectivity index (χ2v) is 12.9. The Morgan fingerprint density at radius 1 is 0.600 bits per heavy atom. The van der Waals surface area contributed by atoms with Gasteiger partial charge in [-0.2, -0.15) is 0 Å². The standard InChI is InChI=1S/C32H57O2S/c1-4-6-8-10-12-14-15-17-19-21-23-31-24-26-32(27-25-31)35(33,34)29-28-30(3)22-20-18-16-13-11-9-7-5-2/h24-27,30H,3-23,28-29H2,1-2H3. The van der Waals surface area contributed by atoms with Crippen molar-refractivity contribution in [3.63, 3.8) is 0 Å². The second kappa shape index (κ2) is 21.3. The van der Waals surface area contributed by atoms with E-state index in [1.807, 2.05) is 24.3 Å². The SMILES string of the molecule is [CH2]C(CCCCCCCCCC)CCS(=O)(=O)c1ccc(CCCCCCCCCCCC)cc1. The molecule has 0 aliphatic carbocycles. The molecule has 0 aliphatic heterocycles. The topological polar surface area (TPSA) is 34.1 Å². The monoisotopic (exact) mass is 505 g/mol. The number of benzene rings is 1. The normalized spacial score (nSPS) is 12.8. The average Bonchev–Trinajstić information content (AvgIpc) is 2.86. The fraction of sp³-hybridized carbons (Fsp3) is 0.781. The lowest BCUT2D eigenvalue weighted by Crippen LogP contribution is -2.10. The van der Waals surface area contributed by atoms with Crippen LogP contribution in [-0.2, 0) is 16.3 Å². The van der Waals surface area contributed by atoms with Crippen molar-refractivity contribution < 1.29 is 8.42 Å². The molecular weight excluding hydrogens is 448 g/mol. The molecule has 0 heterocycles. The highest BCUT2D eigenvalue weighted by Crippen LogP contribution is 2.20. The van der Waals surface area contributed by atoms with Gasteiger partial charge in [-0.15, -0.1) is 0 Å². The lowest BCUT2D eigenvalue weighted by molar-refractivity contribution is 0.499. The Morgan fingerprint density at radius 3 is 1.51 bits per heavy atom. The van der Waals surface area contributed by atoms with Gasteiger partial charge in [0.1, 0.15) is 0 Å². The van der Waals surface area contributed by atoms with Crippen molar-refractivity contribution in [3.8, 4) is 0 Å². The number of hydrogen-bond donors (Lipinski definition) is 0. The lowest BCUT2D eigenvalue weighted by atomic mass is 9.99. The van der Waals surface area contributed by atoms with Gasteiger partial charge in [0, 0.05) is 0 Å². The summed E-state index contributed by atoms with van der Waals surface area (Å²) < 4.78 is 25.5. The van der Waals surface area contributed by atoms with Crippen LogP contribution in [0.2, 0.25) is 0 Å². The summed E-state index contributed by atoms with van der Waals surface area (Å²) in [5, 5.41) is 0. The predicted octanol–water partition coefficient (Wildman–Crippen LogP) is 10.3. The van der Waals surface area contributed by atoms with Crippen molar-refractivity contribution in [2.75, 3.05) is 5.75 Å². The Hall–Kier alpha value is -0.830. The molecule has 1 radical (unpaired) electrons. The fourth-order valence-corrected chi connectivity index (χ4v) is 6.26. The average molecular weight is 506 g/mol. The largest absolute Gasteiger partial charge is 0.224 e. The molecule has 0 spiro atoms. The molecule has 35 heavy (non-hydrogen) atoms. The van der Waals surface area contributed by atoms with Crippen LogP contribution in [0.25, 0.3) is 0 Å². The quantitative estimate of drug-likeness (QED) is 0.131.